The minimum atomic E-state index is 0.00989. The third-order valence-corrected chi connectivity index (χ3v) is 6.92. The van der Waals surface area contributed by atoms with Gasteiger partial charge in [0.25, 0.3) is 0 Å². The Labute approximate surface area is 169 Å². The summed E-state index contributed by atoms with van der Waals surface area (Å²) in [6.07, 6.45) is 2.23. The standard InChI is InChI=1S/C25H33N2O/c1-18(2)24(28)27(16-21-10-9-19(3)15-20(21)4)17-25(11-13-26-14-12-25)22-7-5-6-8-23(22)27/h5-10,15,18,26H,11-14,16-17H2,1-4H3/q+1. The maximum absolute atomic E-state index is 13.8. The molecule has 2 aromatic rings. The van der Waals surface area contributed by atoms with Crippen molar-refractivity contribution in [3.63, 3.8) is 0 Å². The molecule has 1 atom stereocenters. The zero-order valence-electron chi connectivity index (χ0n) is 17.7. The third-order valence-electron chi connectivity index (χ3n) is 6.92. The summed E-state index contributed by atoms with van der Waals surface area (Å²) in [6.45, 7) is 12.2. The van der Waals surface area contributed by atoms with Crippen LogP contribution in [0.2, 0.25) is 0 Å². The smallest absolute Gasteiger partial charge is 0.317 e. The lowest BCUT2D eigenvalue weighted by atomic mass is 9.75. The van der Waals surface area contributed by atoms with Crippen molar-refractivity contribution in [1.82, 2.24) is 9.80 Å². The number of piperidine rings is 1. The van der Waals surface area contributed by atoms with Crippen molar-refractivity contribution in [2.75, 3.05) is 19.6 Å². The fourth-order valence-electron chi connectivity index (χ4n) is 5.54. The van der Waals surface area contributed by atoms with Crippen LogP contribution >= 0.6 is 0 Å². The Kier molecular flexibility index (Phi) is 4.93. The minimum absolute atomic E-state index is 0.00989. The van der Waals surface area contributed by atoms with E-state index in [0.29, 0.717) is 10.4 Å². The molecule has 0 radical (unpaired) electrons. The van der Waals surface area contributed by atoms with E-state index in [0.717, 1.165) is 39.0 Å². The summed E-state index contributed by atoms with van der Waals surface area (Å²) in [5, 5.41) is 3.52. The van der Waals surface area contributed by atoms with E-state index < -0.39 is 0 Å². The van der Waals surface area contributed by atoms with E-state index in [2.05, 4.69) is 75.5 Å². The molecule has 2 aliphatic rings. The summed E-state index contributed by atoms with van der Waals surface area (Å²) < 4.78 is 0.470. The van der Waals surface area contributed by atoms with E-state index >= 15 is 0 Å². The van der Waals surface area contributed by atoms with Gasteiger partial charge in [0.05, 0.1) is 11.3 Å². The lowest BCUT2D eigenvalue weighted by Gasteiger charge is -2.38. The van der Waals surface area contributed by atoms with Gasteiger partial charge in [-0.15, -0.1) is 0 Å². The lowest BCUT2D eigenvalue weighted by Crippen LogP contribution is -2.58. The van der Waals surface area contributed by atoms with Crippen molar-refractivity contribution in [2.24, 2.45) is 5.92 Å². The summed E-state index contributed by atoms with van der Waals surface area (Å²) in [5.74, 6) is 0.360. The van der Waals surface area contributed by atoms with E-state index in [-0.39, 0.29) is 11.3 Å². The average molecular weight is 378 g/mol. The van der Waals surface area contributed by atoms with Gasteiger partial charge < -0.3 is 5.32 Å². The fraction of sp³-hybridized carbons (Fsp3) is 0.480. The number of nitrogens with one attached hydrogen (secondary N) is 1. The van der Waals surface area contributed by atoms with Crippen LogP contribution in [-0.4, -0.2) is 25.5 Å². The van der Waals surface area contributed by atoms with E-state index in [1.54, 1.807) is 0 Å². The van der Waals surface area contributed by atoms with Crippen LogP contribution < -0.4 is 9.80 Å². The van der Waals surface area contributed by atoms with E-state index in [9.17, 15) is 4.79 Å². The zero-order chi connectivity index (χ0) is 19.9. The van der Waals surface area contributed by atoms with Crippen molar-refractivity contribution in [3.05, 3.63) is 64.7 Å². The Morgan fingerprint density at radius 2 is 1.82 bits per heavy atom. The number of carbonyl (C=O) groups is 1. The number of rotatable bonds is 3. The summed E-state index contributed by atoms with van der Waals surface area (Å²) >= 11 is 0. The highest BCUT2D eigenvalue weighted by molar-refractivity contribution is 5.92. The molecule has 2 aliphatic heterocycles. The molecule has 2 heterocycles. The zero-order valence-corrected chi connectivity index (χ0v) is 17.7. The Morgan fingerprint density at radius 1 is 1.11 bits per heavy atom. The molecule has 1 amide bonds. The molecule has 0 saturated carbocycles. The van der Waals surface area contributed by atoms with Gasteiger partial charge in [-0.1, -0.05) is 42.0 Å². The molecule has 28 heavy (non-hydrogen) atoms. The fourth-order valence-corrected chi connectivity index (χ4v) is 5.54. The van der Waals surface area contributed by atoms with Gasteiger partial charge in [-0.2, -0.15) is 0 Å². The van der Waals surface area contributed by atoms with Crippen molar-refractivity contribution in [3.8, 4) is 0 Å². The first-order valence-corrected chi connectivity index (χ1v) is 10.7. The molecule has 1 N–H and O–H groups in total. The molecule has 1 fully saturated rings. The molecule has 3 heteroatoms. The third kappa shape index (κ3) is 3.01. The molecule has 0 aliphatic carbocycles. The first-order chi connectivity index (χ1) is 13.4. The Hall–Kier alpha value is -1.97. The van der Waals surface area contributed by atoms with Crippen molar-refractivity contribution < 1.29 is 4.79 Å². The Bertz CT molecular complexity index is 895. The number of hydrogen-bond acceptors (Lipinski definition) is 2. The van der Waals surface area contributed by atoms with Gasteiger partial charge in [-0.3, -0.25) is 0 Å². The van der Waals surface area contributed by atoms with Crippen molar-refractivity contribution in [2.45, 2.75) is 52.5 Å². The highest BCUT2D eigenvalue weighted by atomic mass is 16.2. The number of hydrogen-bond donors (Lipinski definition) is 1. The van der Waals surface area contributed by atoms with E-state index in [4.69, 9.17) is 0 Å². The number of carbonyl (C=O) groups excluding carboxylic acids is 1. The number of benzene rings is 2. The molecule has 1 saturated heterocycles. The number of aryl methyl sites for hydroxylation is 2. The number of fused-ring (bicyclic) bond motifs is 2. The van der Waals surface area contributed by atoms with Crippen LogP contribution in [0.4, 0.5) is 5.69 Å². The van der Waals surface area contributed by atoms with Gasteiger partial charge >= 0.3 is 5.91 Å². The molecule has 2 aromatic carbocycles. The summed E-state index contributed by atoms with van der Waals surface area (Å²) in [5.41, 5.74) is 6.63. The quantitative estimate of drug-likeness (QED) is 0.790. The minimum Gasteiger partial charge on any atom is -0.317 e. The van der Waals surface area contributed by atoms with Gasteiger partial charge in [0.1, 0.15) is 18.8 Å². The molecule has 148 valence electrons. The second kappa shape index (κ2) is 7.13. The predicted octanol–water partition coefficient (Wildman–Crippen LogP) is 4.63. The predicted molar refractivity (Wildman–Crippen MR) is 116 cm³/mol. The SMILES string of the molecule is Cc1ccc(C[N+]2(C(=O)C(C)C)CC3(CCNCC3)c3ccccc32)c(C)c1. The molecule has 0 bridgehead atoms. The van der Waals surface area contributed by atoms with Gasteiger partial charge in [-0.25, -0.2) is 9.28 Å². The van der Waals surface area contributed by atoms with Crippen LogP contribution in [-0.2, 0) is 16.8 Å². The topological polar surface area (TPSA) is 29.1 Å². The second-order valence-electron chi connectivity index (χ2n) is 9.25. The molecule has 0 aromatic heterocycles. The number of para-hydroxylation sites is 1. The molecular formula is C25H33N2O+. The summed E-state index contributed by atoms with van der Waals surface area (Å²) in [6, 6.07) is 15.4. The van der Waals surface area contributed by atoms with Crippen molar-refractivity contribution in [1.29, 1.82) is 0 Å². The number of amides is 1. The van der Waals surface area contributed by atoms with E-state index in [1.807, 2.05) is 0 Å². The second-order valence-corrected chi connectivity index (χ2v) is 9.25. The van der Waals surface area contributed by atoms with Gasteiger partial charge in [0, 0.05) is 11.1 Å². The highest BCUT2D eigenvalue weighted by Crippen LogP contribution is 2.51. The highest BCUT2D eigenvalue weighted by Gasteiger charge is 2.57. The van der Waals surface area contributed by atoms with Crippen LogP contribution in [0.5, 0.6) is 0 Å². The van der Waals surface area contributed by atoms with Crippen LogP contribution in [0, 0.1) is 19.8 Å². The van der Waals surface area contributed by atoms with Gasteiger partial charge in [-0.05, 0) is 65.3 Å². The van der Waals surface area contributed by atoms with Crippen LogP contribution in [0.25, 0.3) is 0 Å². The number of quaternary nitrogens is 1. The maximum Gasteiger partial charge on any atom is 0.321 e. The van der Waals surface area contributed by atoms with Crippen LogP contribution in [0.15, 0.2) is 42.5 Å². The molecule has 4 rings (SSSR count). The van der Waals surface area contributed by atoms with Crippen LogP contribution in [0.1, 0.15) is 48.9 Å². The maximum atomic E-state index is 13.8. The molecule has 1 spiro atoms. The van der Waals surface area contributed by atoms with Crippen molar-refractivity contribution >= 4 is 11.6 Å². The molecule has 1 unspecified atom stereocenters. The first-order valence-electron chi connectivity index (χ1n) is 10.7. The largest absolute Gasteiger partial charge is 0.321 e. The molecule has 3 nitrogen and oxygen atoms in total. The van der Waals surface area contributed by atoms with Gasteiger partial charge in [0.15, 0.2) is 0 Å². The summed E-state index contributed by atoms with van der Waals surface area (Å²) in [4.78, 5) is 13.8. The average Bonchev–Trinajstić information content (AvgIpc) is 2.95. The van der Waals surface area contributed by atoms with E-state index in [1.165, 1.54) is 27.9 Å². The Morgan fingerprint density at radius 3 is 2.50 bits per heavy atom. The molecular weight excluding hydrogens is 344 g/mol. The normalized spacial score (nSPS) is 23.2. The monoisotopic (exact) mass is 377 g/mol. The number of nitrogens with zero attached hydrogens (tertiary/aromatic N) is 1. The van der Waals surface area contributed by atoms with Crippen LogP contribution in [0.3, 0.4) is 0 Å². The summed E-state index contributed by atoms with van der Waals surface area (Å²) in [7, 11) is 0. The van der Waals surface area contributed by atoms with Gasteiger partial charge in [0.2, 0.25) is 0 Å². The lowest BCUT2D eigenvalue weighted by molar-refractivity contribution is -0.134. The first kappa shape index (κ1) is 19.4. The Balaban J connectivity index is 1.88.